The lowest BCUT2D eigenvalue weighted by Crippen LogP contribution is -2.61. The third-order valence-electron chi connectivity index (χ3n) is 6.46. The molecule has 0 radical (unpaired) electrons. The largest absolute Gasteiger partial charge is 0.450 e. The van der Waals surface area contributed by atoms with Gasteiger partial charge in [0.2, 0.25) is 5.91 Å². The van der Waals surface area contributed by atoms with Crippen molar-refractivity contribution in [3.63, 3.8) is 0 Å². The highest BCUT2D eigenvalue weighted by atomic mass is 32.2. The molecule has 10 heteroatoms. The molecule has 1 aliphatic heterocycles. The first-order valence-corrected chi connectivity index (χ1v) is 13.6. The zero-order valence-corrected chi connectivity index (χ0v) is 22.3. The molecule has 2 atom stereocenters. The van der Waals surface area contributed by atoms with Crippen molar-refractivity contribution in [3.8, 4) is 0 Å². The van der Waals surface area contributed by atoms with E-state index < -0.39 is 22.9 Å². The van der Waals surface area contributed by atoms with E-state index in [0.29, 0.717) is 38.5 Å². The van der Waals surface area contributed by atoms with Crippen LogP contribution >= 0.6 is 11.8 Å². The quantitative estimate of drug-likeness (QED) is 0.344. The fourth-order valence-electron chi connectivity index (χ4n) is 4.72. The van der Waals surface area contributed by atoms with Gasteiger partial charge >= 0.3 is 6.09 Å². The summed E-state index contributed by atoms with van der Waals surface area (Å²) in [7, 11) is 0. The molecule has 2 fully saturated rings. The Kier molecular flexibility index (Phi) is 11.4. The topological polar surface area (TPSA) is 126 Å². The summed E-state index contributed by atoms with van der Waals surface area (Å²) in [6.07, 6.45) is 5.68. The van der Waals surface area contributed by atoms with Gasteiger partial charge in [0.05, 0.1) is 6.61 Å². The number of hydrazine groups is 1. The van der Waals surface area contributed by atoms with Crippen LogP contribution in [-0.4, -0.2) is 70.7 Å². The lowest BCUT2D eigenvalue weighted by atomic mass is 9.86. The Morgan fingerprint density at radius 1 is 1.15 bits per heavy atom. The molecule has 2 aliphatic rings. The Hall–Kier alpha value is -1.52. The summed E-state index contributed by atoms with van der Waals surface area (Å²) in [5, 5.41) is 7.82. The van der Waals surface area contributed by atoms with Crippen LogP contribution in [0.3, 0.4) is 0 Å². The van der Waals surface area contributed by atoms with Crippen molar-refractivity contribution in [1.29, 1.82) is 0 Å². The van der Waals surface area contributed by atoms with Crippen LogP contribution in [0.5, 0.6) is 0 Å². The molecule has 0 spiro atoms. The number of thioether (sulfide) groups is 1. The fraction of sp³-hybridized carbons (Fsp3) is 0.875. The predicted molar refractivity (Wildman–Crippen MR) is 136 cm³/mol. The molecule has 0 aromatic heterocycles. The van der Waals surface area contributed by atoms with Crippen LogP contribution in [0.2, 0.25) is 0 Å². The summed E-state index contributed by atoms with van der Waals surface area (Å²) in [6.45, 7) is 11.4. The zero-order valence-electron chi connectivity index (χ0n) is 21.5. The maximum atomic E-state index is 13.4. The molecule has 1 saturated carbocycles. The molecule has 1 saturated heterocycles. The summed E-state index contributed by atoms with van der Waals surface area (Å²) in [6, 6.07) is -0.949. The van der Waals surface area contributed by atoms with Crippen LogP contribution in [-0.2, 0) is 14.3 Å². The highest BCUT2D eigenvalue weighted by Crippen LogP contribution is 2.32. The molecule has 3 amide bonds. The monoisotopic (exact) mass is 499 g/mol. The molecule has 2 rings (SSSR count). The number of amides is 3. The molecule has 0 unspecified atom stereocenters. The van der Waals surface area contributed by atoms with E-state index in [0.717, 1.165) is 32.1 Å². The maximum Gasteiger partial charge on any atom is 0.407 e. The Morgan fingerprint density at radius 3 is 2.44 bits per heavy atom. The summed E-state index contributed by atoms with van der Waals surface area (Å²) >= 11 is 1.61. The van der Waals surface area contributed by atoms with E-state index in [-0.39, 0.29) is 23.1 Å². The fourth-order valence-corrected chi connectivity index (χ4v) is 6.24. The van der Waals surface area contributed by atoms with Gasteiger partial charge in [-0.15, -0.1) is 0 Å². The van der Waals surface area contributed by atoms with Crippen molar-refractivity contribution in [1.82, 2.24) is 21.1 Å². The van der Waals surface area contributed by atoms with Crippen LogP contribution in [0.25, 0.3) is 0 Å². The highest BCUT2D eigenvalue weighted by molar-refractivity contribution is 8.01. The molecule has 0 aromatic carbocycles. The van der Waals surface area contributed by atoms with Gasteiger partial charge in [0.15, 0.2) is 0 Å². The first-order chi connectivity index (χ1) is 16.0. The zero-order chi connectivity index (χ0) is 25.3. The van der Waals surface area contributed by atoms with Gasteiger partial charge in [-0.3, -0.25) is 15.0 Å². The number of hydrogen-bond acceptors (Lipinski definition) is 7. The number of carbonyl (C=O) groups excluding carboxylic acids is 3. The van der Waals surface area contributed by atoms with Crippen LogP contribution < -0.4 is 21.8 Å². The van der Waals surface area contributed by atoms with Gasteiger partial charge in [0, 0.05) is 23.9 Å². The Bertz CT molecular complexity index is 682. The van der Waals surface area contributed by atoms with E-state index in [2.05, 4.69) is 29.9 Å². The van der Waals surface area contributed by atoms with Crippen molar-refractivity contribution in [3.05, 3.63) is 0 Å². The smallest absolute Gasteiger partial charge is 0.407 e. The van der Waals surface area contributed by atoms with Gasteiger partial charge in [-0.2, -0.15) is 11.8 Å². The summed E-state index contributed by atoms with van der Waals surface area (Å²) in [5.74, 6) is 0.0627. The third-order valence-corrected chi connectivity index (χ3v) is 7.78. The molecule has 196 valence electrons. The van der Waals surface area contributed by atoms with Gasteiger partial charge < -0.3 is 21.1 Å². The number of ether oxygens (including phenoxy) is 1. The summed E-state index contributed by atoms with van der Waals surface area (Å²) in [5.41, 5.74) is 8.91. The molecule has 0 aromatic rings. The van der Waals surface area contributed by atoms with Crippen LogP contribution in [0, 0.1) is 5.92 Å². The first kappa shape index (κ1) is 28.7. The lowest BCUT2D eigenvalue weighted by molar-refractivity contribution is -0.133. The Morgan fingerprint density at radius 2 is 1.82 bits per heavy atom. The minimum atomic E-state index is -0.819. The van der Waals surface area contributed by atoms with Crippen molar-refractivity contribution < 1.29 is 19.1 Å². The standard InChI is InChI=1S/C24H45N5O4S/c1-6-14-33-23(32)27-20(24(4,5)34-16(2)3)22(31)28-29-13-7-8-19(29)21(30)26-15-17-9-11-18(25)12-10-17/h16-20H,6-15,25H2,1-5H3,(H,26,30)(H,27,32)(H,28,31)/t17?,18?,19-,20-/m0/s1. The van der Waals surface area contributed by atoms with Crippen molar-refractivity contribution in [2.24, 2.45) is 11.7 Å². The molecular weight excluding hydrogens is 454 g/mol. The molecule has 9 nitrogen and oxygen atoms in total. The first-order valence-electron chi connectivity index (χ1n) is 12.7. The Balaban J connectivity index is 1.99. The molecule has 1 heterocycles. The average Bonchev–Trinajstić information content (AvgIpc) is 3.22. The number of nitrogens with one attached hydrogen (secondary N) is 3. The van der Waals surface area contributed by atoms with Crippen molar-refractivity contribution in [2.75, 3.05) is 19.7 Å². The number of carbonyl (C=O) groups is 3. The minimum Gasteiger partial charge on any atom is -0.450 e. The van der Waals surface area contributed by atoms with E-state index in [1.54, 1.807) is 16.8 Å². The van der Waals surface area contributed by atoms with E-state index in [1.165, 1.54) is 0 Å². The molecule has 34 heavy (non-hydrogen) atoms. The number of nitrogens with two attached hydrogens (primary N) is 1. The highest BCUT2D eigenvalue weighted by Gasteiger charge is 2.41. The molecule has 0 bridgehead atoms. The number of alkyl carbamates (subject to hydrolysis) is 1. The van der Waals surface area contributed by atoms with E-state index in [9.17, 15) is 14.4 Å². The normalized spacial score (nSPS) is 24.5. The van der Waals surface area contributed by atoms with E-state index in [4.69, 9.17) is 10.5 Å². The van der Waals surface area contributed by atoms with Gasteiger partial charge in [-0.25, -0.2) is 9.80 Å². The third kappa shape index (κ3) is 8.92. The van der Waals surface area contributed by atoms with E-state index in [1.807, 2.05) is 20.8 Å². The second kappa shape index (κ2) is 13.5. The Labute approximate surface area is 209 Å². The minimum absolute atomic E-state index is 0.0599. The van der Waals surface area contributed by atoms with Gasteiger partial charge in [-0.05, 0) is 70.0 Å². The van der Waals surface area contributed by atoms with E-state index >= 15 is 0 Å². The molecule has 1 aliphatic carbocycles. The number of rotatable bonds is 11. The number of hydrogen-bond donors (Lipinski definition) is 4. The van der Waals surface area contributed by atoms with Crippen LogP contribution in [0.4, 0.5) is 4.79 Å². The maximum absolute atomic E-state index is 13.4. The summed E-state index contributed by atoms with van der Waals surface area (Å²) < 4.78 is 4.59. The second-order valence-electron chi connectivity index (χ2n) is 10.3. The van der Waals surface area contributed by atoms with Crippen molar-refractivity contribution in [2.45, 2.75) is 108 Å². The number of nitrogens with zero attached hydrogens (tertiary/aromatic N) is 1. The second-order valence-corrected chi connectivity index (χ2v) is 12.6. The van der Waals surface area contributed by atoms with Crippen LogP contribution in [0.15, 0.2) is 0 Å². The lowest BCUT2D eigenvalue weighted by Gasteiger charge is -2.36. The molecular formula is C24H45N5O4S. The predicted octanol–water partition coefficient (Wildman–Crippen LogP) is 2.54. The average molecular weight is 500 g/mol. The van der Waals surface area contributed by atoms with Gasteiger partial charge in [0.1, 0.15) is 12.1 Å². The van der Waals surface area contributed by atoms with Gasteiger partial charge in [-0.1, -0.05) is 20.8 Å². The van der Waals surface area contributed by atoms with Gasteiger partial charge in [0.25, 0.3) is 5.91 Å². The van der Waals surface area contributed by atoms with Crippen LogP contribution in [0.1, 0.15) is 79.6 Å². The van der Waals surface area contributed by atoms with Crippen molar-refractivity contribution >= 4 is 29.7 Å². The molecule has 5 N–H and O–H groups in total. The SMILES string of the molecule is CCCOC(=O)N[C@@H](C(=O)NN1CCC[C@H]1C(=O)NCC1CCC(N)CC1)C(C)(C)SC(C)C. The summed E-state index contributed by atoms with van der Waals surface area (Å²) in [4.78, 5) is 38.6.